The van der Waals surface area contributed by atoms with Crippen molar-refractivity contribution >= 4 is 23.6 Å². The van der Waals surface area contributed by atoms with Crippen LogP contribution in [0.5, 0.6) is 0 Å². The van der Waals surface area contributed by atoms with Crippen molar-refractivity contribution in [3.05, 3.63) is 71.3 Å². The number of likely N-dealkylation sites (tertiary alicyclic amines) is 1. The highest BCUT2D eigenvalue weighted by molar-refractivity contribution is 6.07. The molecule has 2 aromatic rings. The van der Waals surface area contributed by atoms with E-state index in [1.807, 2.05) is 48.2 Å². The van der Waals surface area contributed by atoms with E-state index in [0.717, 1.165) is 31.5 Å². The van der Waals surface area contributed by atoms with Gasteiger partial charge in [-0.3, -0.25) is 9.59 Å². The van der Waals surface area contributed by atoms with Crippen molar-refractivity contribution < 1.29 is 9.59 Å². The zero-order valence-electron chi connectivity index (χ0n) is 15.9. The summed E-state index contributed by atoms with van der Waals surface area (Å²) in [6.07, 6.45) is 5.32. The van der Waals surface area contributed by atoms with Gasteiger partial charge < -0.3 is 10.2 Å². The number of para-hydroxylation sites is 1. The Labute approximate surface area is 160 Å². The fraction of sp³-hybridized carbons (Fsp3) is 0.304. The summed E-state index contributed by atoms with van der Waals surface area (Å²) in [6, 6.07) is 15.2. The molecular weight excluding hydrogens is 336 g/mol. The molecule has 0 aliphatic carbocycles. The summed E-state index contributed by atoms with van der Waals surface area (Å²) in [5.41, 5.74) is 3.24. The third-order valence-electron chi connectivity index (χ3n) is 4.99. The topological polar surface area (TPSA) is 49.4 Å². The van der Waals surface area contributed by atoms with E-state index in [9.17, 15) is 9.59 Å². The highest BCUT2D eigenvalue weighted by Crippen LogP contribution is 2.22. The molecule has 1 fully saturated rings. The monoisotopic (exact) mass is 362 g/mol. The van der Waals surface area contributed by atoms with Crippen LogP contribution in [0.15, 0.2) is 54.6 Å². The number of carbonyl (C=O) groups is 2. The molecule has 0 radical (unpaired) electrons. The van der Waals surface area contributed by atoms with E-state index in [4.69, 9.17) is 0 Å². The molecule has 140 valence electrons. The maximum atomic E-state index is 12.9. The minimum atomic E-state index is -0.247. The van der Waals surface area contributed by atoms with Crippen LogP contribution in [0.1, 0.15) is 41.3 Å². The van der Waals surface area contributed by atoms with Crippen LogP contribution in [0, 0.1) is 12.8 Å². The summed E-state index contributed by atoms with van der Waals surface area (Å²) in [5.74, 6) is 0.402. The van der Waals surface area contributed by atoms with Gasteiger partial charge in [-0.25, -0.2) is 0 Å². The molecular formula is C23H26N2O2. The SMILES string of the molecule is Cc1ccc(/C=C/C(=O)Nc2ccccc2C(=O)N2CCC(C)CC2)cc1. The van der Waals surface area contributed by atoms with Gasteiger partial charge in [0.2, 0.25) is 5.91 Å². The van der Waals surface area contributed by atoms with Crippen molar-refractivity contribution in [2.75, 3.05) is 18.4 Å². The second-order valence-corrected chi connectivity index (χ2v) is 7.25. The predicted molar refractivity (Wildman–Crippen MR) is 110 cm³/mol. The third kappa shape index (κ3) is 5.07. The van der Waals surface area contributed by atoms with Gasteiger partial charge in [0.15, 0.2) is 0 Å². The van der Waals surface area contributed by atoms with E-state index in [-0.39, 0.29) is 11.8 Å². The number of nitrogens with one attached hydrogen (secondary N) is 1. The van der Waals surface area contributed by atoms with Gasteiger partial charge >= 0.3 is 0 Å². The molecule has 0 aromatic heterocycles. The molecule has 2 aromatic carbocycles. The van der Waals surface area contributed by atoms with E-state index in [2.05, 4.69) is 12.2 Å². The average Bonchev–Trinajstić information content (AvgIpc) is 2.68. The molecule has 3 rings (SSSR count). The summed E-state index contributed by atoms with van der Waals surface area (Å²) in [6.45, 7) is 5.79. The van der Waals surface area contributed by atoms with E-state index in [1.165, 1.54) is 11.6 Å². The molecule has 1 aliphatic rings. The van der Waals surface area contributed by atoms with Gasteiger partial charge in [0.1, 0.15) is 0 Å². The number of aryl methyl sites for hydroxylation is 1. The highest BCUT2D eigenvalue weighted by Gasteiger charge is 2.23. The van der Waals surface area contributed by atoms with Crippen molar-refractivity contribution in [3.63, 3.8) is 0 Å². The number of amides is 2. The van der Waals surface area contributed by atoms with Crippen molar-refractivity contribution in [1.29, 1.82) is 0 Å². The average molecular weight is 362 g/mol. The summed E-state index contributed by atoms with van der Waals surface area (Å²) in [5, 5.41) is 2.85. The van der Waals surface area contributed by atoms with Crippen molar-refractivity contribution in [2.45, 2.75) is 26.7 Å². The van der Waals surface area contributed by atoms with E-state index < -0.39 is 0 Å². The zero-order valence-corrected chi connectivity index (χ0v) is 15.9. The molecule has 2 amide bonds. The lowest BCUT2D eigenvalue weighted by molar-refractivity contribution is -0.111. The molecule has 1 heterocycles. The Balaban J connectivity index is 1.69. The Morgan fingerprint density at radius 1 is 1.04 bits per heavy atom. The molecule has 1 N–H and O–H groups in total. The molecule has 0 bridgehead atoms. The van der Waals surface area contributed by atoms with Crippen LogP contribution in [0.4, 0.5) is 5.69 Å². The highest BCUT2D eigenvalue weighted by atomic mass is 16.2. The molecule has 1 saturated heterocycles. The van der Waals surface area contributed by atoms with Gasteiger partial charge in [0.05, 0.1) is 11.3 Å². The number of carbonyl (C=O) groups excluding carboxylic acids is 2. The molecule has 0 atom stereocenters. The van der Waals surface area contributed by atoms with Crippen LogP contribution in [0.2, 0.25) is 0 Å². The smallest absolute Gasteiger partial charge is 0.255 e. The summed E-state index contributed by atoms with van der Waals surface area (Å²) in [7, 11) is 0. The molecule has 4 heteroatoms. The molecule has 0 saturated carbocycles. The standard InChI is InChI=1S/C23H26N2O2/c1-17-7-9-19(10-8-17)11-12-22(26)24-21-6-4-3-5-20(21)23(27)25-15-13-18(2)14-16-25/h3-12,18H,13-16H2,1-2H3,(H,24,26)/b12-11+. The Morgan fingerprint density at radius 3 is 2.41 bits per heavy atom. The Hall–Kier alpha value is -2.88. The van der Waals surface area contributed by atoms with Crippen molar-refractivity contribution in [2.24, 2.45) is 5.92 Å². The first-order valence-corrected chi connectivity index (χ1v) is 9.47. The lowest BCUT2D eigenvalue weighted by atomic mass is 9.98. The van der Waals surface area contributed by atoms with Gasteiger partial charge in [0.25, 0.3) is 5.91 Å². The largest absolute Gasteiger partial charge is 0.339 e. The van der Waals surface area contributed by atoms with Gasteiger partial charge in [-0.05, 0) is 49.5 Å². The second kappa shape index (κ2) is 8.67. The first-order valence-electron chi connectivity index (χ1n) is 9.47. The van der Waals surface area contributed by atoms with Gasteiger partial charge in [-0.1, -0.05) is 48.9 Å². The predicted octanol–water partition coefficient (Wildman–Crippen LogP) is 4.52. The number of benzene rings is 2. The van der Waals surface area contributed by atoms with Crippen molar-refractivity contribution in [1.82, 2.24) is 4.90 Å². The maximum absolute atomic E-state index is 12.9. The van der Waals surface area contributed by atoms with Crippen LogP contribution >= 0.6 is 0 Å². The number of hydrogen-bond acceptors (Lipinski definition) is 2. The molecule has 4 nitrogen and oxygen atoms in total. The third-order valence-corrected chi connectivity index (χ3v) is 4.99. The minimum absolute atomic E-state index is 0.0136. The zero-order chi connectivity index (χ0) is 19.2. The van der Waals surface area contributed by atoms with E-state index >= 15 is 0 Å². The number of nitrogens with zero attached hydrogens (tertiary/aromatic N) is 1. The fourth-order valence-corrected chi connectivity index (χ4v) is 3.18. The summed E-state index contributed by atoms with van der Waals surface area (Å²) < 4.78 is 0. The molecule has 27 heavy (non-hydrogen) atoms. The lowest BCUT2D eigenvalue weighted by Crippen LogP contribution is -2.38. The maximum Gasteiger partial charge on any atom is 0.255 e. The van der Waals surface area contributed by atoms with E-state index in [0.29, 0.717) is 17.2 Å². The molecule has 0 unspecified atom stereocenters. The first-order chi connectivity index (χ1) is 13.0. The van der Waals surface area contributed by atoms with Crippen molar-refractivity contribution in [3.8, 4) is 0 Å². The van der Waals surface area contributed by atoms with Gasteiger partial charge in [-0.15, -0.1) is 0 Å². The first kappa shape index (κ1) is 18.9. The van der Waals surface area contributed by atoms with Gasteiger partial charge in [0, 0.05) is 19.2 Å². The number of hydrogen-bond donors (Lipinski definition) is 1. The summed E-state index contributed by atoms with van der Waals surface area (Å²) >= 11 is 0. The lowest BCUT2D eigenvalue weighted by Gasteiger charge is -2.30. The second-order valence-electron chi connectivity index (χ2n) is 7.25. The quantitative estimate of drug-likeness (QED) is 0.813. The summed E-state index contributed by atoms with van der Waals surface area (Å²) in [4.78, 5) is 27.1. The number of anilines is 1. The molecule has 1 aliphatic heterocycles. The van der Waals surface area contributed by atoms with Crippen LogP contribution in [0.3, 0.4) is 0 Å². The Morgan fingerprint density at radius 2 is 1.70 bits per heavy atom. The van der Waals surface area contributed by atoms with Gasteiger partial charge in [-0.2, -0.15) is 0 Å². The Bertz CT molecular complexity index is 832. The number of rotatable bonds is 4. The van der Waals surface area contributed by atoms with Crippen LogP contribution in [-0.2, 0) is 4.79 Å². The normalized spacial score (nSPS) is 15.1. The van der Waals surface area contributed by atoms with Crippen LogP contribution in [0.25, 0.3) is 6.08 Å². The minimum Gasteiger partial charge on any atom is -0.339 e. The Kier molecular flexibility index (Phi) is 6.07. The van der Waals surface area contributed by atoms with E-state index in [1.54, 1.807) is 18.2 Å². The molecule has 0 spiro atoms. The number of piperidine rings is 1. The van der Waals surface area contributed by atoms with Crippen LogP contribution < -0.4 is 5.32 Å². The van der Waals surface area contributed by atoms with Crippen LogP contribution in [-0.4, -0.2) is 29.8 Å². The fourth-order valence-electron chi connectivity index (χ4n) is 3.18.